The molecule has 16 heteroatoms. The minimum atomic E-state index is -6.46. The largest absolute Gasteiger partial charge is 0.477 e. The first-order valence-corrected chi connectivity index (χ1v) is 5.32. The second-order valence-corrected chi connectivity index (χ2v) is 4.65. The zero-order valence-corrected chi connectivity index (χ0v) is 11.3. The topological polar surface area (TPSA) is 93.1 Å². The molecule has 0 saturated heterocycles. The summed E-state index contributed by atoms with van der Waals surface area (Å²) in [6.07, 6.45) is -12.9. The Kier molecular flexibility index (Phi) is 5.77. The highest BCUT2D eigenvalue weighted by molar-refractivity contribution is 6.46. The summed E-state index contributed by atoms with van der Waals surface area (Å²) in [7, 11) is 0. The maximum absolute atomic E-state index is 13.2. The van der Waals surface area contributed by atoms with E-state index in [9.17, 15) is 44.7 Å². The molecule has 23 heavy (non-hydrogen) atoms. The lowest BCUT2D eigenvalue weighted by molar-refractivity contribution is -0.399. The minimum Gasteiger partial charge on any atom is -0.477 e. The number of ether oxygens (including phenoxy) is 2. The summed E-state index contributed by atoms with van der Waals surface area (Å²) >= 11 is 9.04. The number of hydrogen-bond acceptors (Lipinski definition) is 4. The molecule has 0 fully saturated rings. The molecule has 136 valence electrons. The SMILES string of the molecule is O=C(O)C(F)(OC(Cl)(Cl)OC(F)(C(=O)O)C(F)(F)F)C(F)(F)F. The highest BCUT2D eigenvalue weighted by atomic mass is 35.5. The molecule has 0 radical (unpaired) electrons. The molecule has 0 amide bonds. The van der Waals surface area contributed by atoms with Gasteiger partial charge in [-0.2, -0.15) is 35.1 Å². The fourth-order valence-electron chi connectivity index (χ4n) is 0.794. The lowest BCUT2D eigenvalue weighted by Gasteiger charge is -2.33. The second kappa shape index (κ2) is 6.07. The summed E-state index contributed by atoms with van der Waals surface area (Å²) in [5, 5.41) is 16.1. The van der Waals surface area contributed by atoms with Gasteiger partial charge in [-0.25, -0.2) is 9.59 Å². The van der Waals surface area contributed by atoms with Crippen molar-refractivity contribution >= 4 is 35.1 Å². The zero-order valence-electron chi connectivity index (χ0n) is 9.81. The van der Waals surface area contributed by atoms with Gasteiger partial charge in [-0.3, -0.25) is 9.47 Å². The molecule has 0 aromatic carbocycles. The summed E-state index contributed by atoms with van der Waals surface area (Å²) < 4.78 is 101. The van der Waals surface area contributed by atoms with E-state index in [1.165, 1.54) is 0 Å². The second-order valence-electron chi connectivity index (χ2n) is 3.46. The monoisotopic (exact) mass is 404 g/mol. The number of carbonyl (C=O) groups is 2. The quantitative estimate of drug-likeness (QED) is 0.401. The molecule has 2 unspecified atom stereocenters. The van der Waals surface area contributed by atoms with Crippen molar-refractivity contribution in [2.45, 2.75) is 28.8 Å². The van der Waals surface area contributed by atoms with Crippen LogP contribution in [0.5, 0.6) is 0 Å². The standard InChI is InChI=1S/C7H2Cl2F8O6/c8-7(9,22-3(10,1(18)19)5(12,13)14)23-4(11,2(20)21)6(15,16)17/h(H,18,19)(H,20,21). The van der Waals surface area contributed by atoms with Crippen molar-refractivity contribution in [3.8, 4) is 0 Å². The van der Waals surface area contributed by atoms with E-state index in [4.69, 9.17) is 10.2 Å². The Balaban J connectivity index is 5.75. The van der Waals surface area contributed by atoms with E-state index in [1.54, 1.807) is 0 Å². The first kappa shape index (κ1) is 21.9. The maximum atomic E-state index is 13.2. The van der Waals surface area contributed by atoms with E-state index in [2.05, 4.69) is 32.7 Å². The van der Waals surface area contributed by atoms with E-state index in [0.717, 1.165) is 0 Å². The van der Waals surface area contributed by atoms with E-state index in [-0.39, 0.29) is 0 Å². The molecule has 0 aliphatic heterocycles. The minimum absolute atomic E-state index is 2.81. The van der Waals surface area contributed by atoms with Crippen molar-refractivity contribution in [1.82, 2.24) is 0 Å². The number of hydrogen-bond donors (Lipinski definition) is 2. The van der Waals surface area contributed by atoms with E-state index < -0.39 is 40.7 Å². The Morgan fingerprint density at radius 3 is 1.04 bits per heavy atom. The average Bonchev–Trinajstić information content (AvgIpc) is 2.23. The summed E-state index contributed by atoms with van der Waals surface area (Å²) in [6.45, 7) is 0. The molecular weight excluding hydrogens is 403 g/mol. The van der Waals surface area contributed by atoms with Crippen LogP contribution < -0.4 is 0 Å². The van der Waals surface area contributed by atoms with Crippen molar-refractivity contribution in [2.24, 2.45) is 0 Å². The van der Waals surface area contributed by atoms with Gasteiger partial charge >= 0.3 is 40.7 Å². The van der Waals surface area contributed by atoms with Crippen LogP contribution in [-0.2, 0) is 19.1 Å². The highest BCUT2D eigenvalue weighted by Gasteiger charge is 2.72. The third-order valence-corrected chi connectivity index (χ3v) is 2.11. The molecule has 0 aliphatic rings. The van der Waals surface area contributed by atoms with Crippen molar-refractivity contribution < 1.29 is 64.4 Å². The van der Waals surface area contributed by atoms with Gasteiger partial charge in [0, 0.05) is 0 Å². The van der Waals surface area contributed by atoms with E-state index in [1.807, 2.05) is 0 Å². The van der Waals surface area contributed by atoms with Gasteiger partial charge in [-0.15, -0.1) is 0 Å². The van der Waals surface area contributed by atoms with Crippen LogP contribution in [-0.4, -0.2) is 50.9 Å². The Morgan fingerprint density at radius 1 is 0.696 bits per heavy atom. The van der Waals surface area contributed by atoms with Crippen molar-refractivity contribution in [3.63, 3.8) is 0 Å². The van der Waals surface area contributed by atoms with Crippen LogP contribution in [0.3, 0.4) is 0 Å². The first-order valence-electron chi connectivity index (χ1n) is 4.56. The number of halogens is 10. The molecule has 0 saturated carbocycles. The Morgan fingerprint density at radius 2 is 0.913 bits per heavy atom. The number of aliphatic carboxylic acids is 2. The molecule has 0 rings (SSSR count). The lowest BCUT2D eigenvalue weighted by Crippen LogP contribution is -2.58. The Hall–Kier alpha value is -1.12. The van der Waals surface area contributed by atoms with Crippen LogP contribution in [0.1, 0.15) is 0 Å². The lowest BCUT2D eigenvalue weighted by atomic mass is 10.3. The summed E-state index contributed by atoms with van der Waals surface area (Å²) in [4.78, 5) is 20.4. The Bertz CT molecular complexity index is 450. The molecular formula is C7H2Cl2F8O6. The van der Waals surface area contributed by atoms with Gasteiger partial charge in [0.25, 0.3) is 0 Å². The fraction of sp³-hybridized carbons (Fsp3) is 0.714. The van der Waals surface area contributed by atoms with Crippen LogP contribution in [0, 0.1) is 0 Å². The van der Waals surface area contributed by atoms with Gasteiger partial charge < -0.3 is 10.2 Å². The number of rotatable bonds is 6. The smallest absolute Gasteiger partial charge is 0.460 e. The van der Waals surface area contributed by atoms with Gasteiger partial charge in [-0.05, 0) is 23.2 Å². The zero-order chi connectivity index (χ0) is 19.1. The van der Waals surface area contributed by atoms with Gasteiger partial charge in [0.15, 0.2) is 0 Å². The summed E-state index contributed by atoms with van der Waals surface area (Å²) in [6, 6.07) is 0. The average molecular weight is 405 g/mol. The van der Waals surface area contributed by atoms with Crippen LogP contribution in [0.15, 0.2) is 0 Å². The van der Waals surface area contributed by atoms with Gasteiger partial charge in [-0.1, -0.05) is 0 Å². The molecule has 6 nitrogen and oxygen atoms in total. The Labute approximate surface area is 129 Å². The number of alkyl halides is 10. The van der Waals surface area contributed by atoms with Crippen molar-refractivity contribution in [2.75, 3.05) is 0 Å². The summed E-state index contributed by atoms with van der Waals surface area (Å²) in [5.74, 6) is -18.7. The predicted molar refractivity (Wildman–Crippen MR) is 51.7 cm³/mol. The van der Waals surface area contributed by atoms with E-state index >= 15 is 0 Å². The molecule has 0 heterocycles. The molecule has 2 N–H and O–H groups in total. The number of carboxylic acid groups (broad SMARTS) is 2. The predicted octanol–water partition coefficient (Wildman–Crippen LogP) is 2.73. The van der Waals surface area contributed by atoms with Crippen molar-refractivity contribution in [1.29, 1.82) is 0 Å². The molecule has 0 aromatic heterocycles. The van der Waals surface area contributed by atoms with E-state index in [0.29, 0.717) is 0 Å². The molecule has 2 atom stereocenters. The van der Waals surface area contributed by atoms with Crippen molar-refractivity contribution in [3.05, 3.63) is 0 Å². The third kappa shape index (κ3) is 4.45. The first-order chi connectivity index (χ1) is 9.80. The molecule has 0 spiro atoms. The van der Waals surface area contributed by atoms with Crippen LogP contribution in [0.25, 0.3) is 0 Å². The fourth-order valence-corrected chi connectivity index (χ4v) is 1.22. The molecule has 0 aromatic rings. The third-order valence-electron chi connectivity index (χ3n) is 1.80. The van der Waals surface area contributed by atoms with Crippen LogP contribution in [0.2, 0.25) is 0 Å². The van der Waals surface area contributed by atoms with Gasteiger partial charge in [0.1, 0.15) is 0 Å². The molecule has 0 bridgehead atoms. The summed E-state index contributed by atoms with van der Waals surface area (Å²) in [5.41, 5.74) is 0. The van der Waals surface area contributed by atoms with Gasteiger partial charge in [0.05, 0.1) is 0 Å². The highest BCUT2D eigenvalue weighted by Crippen LogP contribution is 2.46. The maximum Gasteiger partial charge on any atom is 0.460 e. The number of carboxylic acids is 2. The van der Waals surface area contributed by atoms with Crippen LogP contribution in [0.4, 0.5) is 35.1 Å². The van der Waals surface area contributed by atoms with Gasteiger partial charge in [0.2, 0.25) is 0 Å². The van der Waals surface area contributed by atoms with Crippen LogP contribution >= 0.6 is 23.2 Å². The normalized spacial score (nSPS) is 18.9. The molecule has 0 aliphatic carbocycles.